The minimum absolute atomic E-state index is 0.161. The predicted octanol–water partition coefficient (Wildman–Crippen LogP) is 3.72. The highest BCUT2D eigenvalue weighted by atomic mass is 16.5. The summed E-state index contributed by atoms with van der Waals surface area (Å²) in [7, 11) is 0. The van der Waals surface area contributed by atoms with Crippen LogP contribution >= 0.6 is 0 Å². The lowest BCUT2D eigenvalue weighted by Gasteiger charge is -2.34. The van der Waals surface area contributed by atoms with Crippen LogP contribution in [0.25, 0.3) is 0 Å². The molecule has 0 amide bonds. The SMILES string of the molecule is c1ccc(OCCN2CCN(Cc3ccc(C4CCCCO4)o3)CC2)cc1. The van der Waals surface area contributed by atoms with Gasteiger partial charge in [-0.15, -0.1) is 0 Å². The van der Waals surface area contributed by atoms with Gasteiger partial charge in [0.2, 0.25) is 0 Å². The second-order valence-electron chi connectivity index (χ2n) is 7.44. The Kier molecular flexibility index (Phi) is 6.45. The van der Waals surface area contributed by atoms with Gasteiger partial charge in [0.05, 0.1) is 6.54 Å². The van der Waals surface area contributed by atoms with Crippen LogP contribution in [-0.4, -0.2) is 55.7 Å². The second kappa shape index (κ2) is 9.40. The van der Waals surface area contributed by atoms with E-state index in [9.17, 15) is 0 Å². The zero-order valence-electron chi connectivity index (χ0n) is 16.0. The molecule has 5 nitrogen and oxygen atoms in total. The van der Waals surface area contributed by atoms with Gasteiger partial charge in [-0.3, -0.25) is 9.80 Å². The van der Waals surface area contributed by atoms with Gasteiger partial charge in [-0.2, -0.15) is 0 Å². The van der Waals surface area contributed by atoms with Crippen molar-refractivity contribution < 1.29 is 13.9 Å². The highest BCUT2D eigenvalue weighted by Gasteiger charge is 2.21. The number of para-hydroxylation sites is 1. The highest BCUT2D eigenvalue weighted by molar-refractivity contribution is 5.20. The number of nitrogens with zero attached hydrogens (tertiary/aromatic N) is 2. The quantitative estimate of drug-likeness (QED) is 0.743. The molecule has 27 heavy (non-hydrogen) atoms. The summed E-state index contributed by atoms with van der Waals surface area (Å²) >= 11 is 0. The van der Waals surface area contributed by atoms with Crippen molar-refractivity contribution in [2.24, 2.45) is 0 Å². The summed E-state index contributed by atoms with van der Waals surface area (Å²) in [6, 6.07) is 14.3. The van der Waals surface area contributed by atoms with E-state index < -0.39 is 0 Å². The van der Waals surface area contributed by atoms with E-state index in [0.29, 0.717) is 0 Å². The average Bonchev–Trinajstić information content (AvgIpc) is 3.19. The third kappa shape index (κ3) is 5.34. The Balaban J connectivity index is 1.17. The van der Waals surface area contributed by atoms with Crippen molar-refractivity contribution in [2.45, 2.75) is 31.9 Å². The molecular weight excluding hydrogens is 340 g/mol. The van der Waals surface area contributed by atoms with E-state index >= 15 is 0 Å². The van der Waals surface area contributed by atoms with Crippen LogP contribution in [-0.2, 0) is 11.3 Å². The average molecular weight is 370 g/mol. The molecule has 0 bridgehead atoms. The van der Waals surface area contributed by atoms with Crippen molar-refractivity contribution in [3.8, 4) is 5.75 Å². The fraction of sp³-hybridized carbons (Fsp3) is 0.545. The largest absolute Gasteiger partial charge is 0.492 e. The first-order valence-electron chi connectivity index (χ1n) is 10.2. The van der Waals surface area contributed by atoms with E-state index in [4.69, 9.17) is 13.9 Å². The lowest BCUT2D eigenvalue weighted by Crippen LogP contribution is -2.46. The molecule has 2 saturated heterocycles. The first kappa shape index (κ1) is 18.5. The number of benzene rings is 1. The summed E-state index contributed by atoms with van der Waals surface area (Å²) in [4.78, 5) is 4.95. The fourth-order valence-electron chi connectivity index (χ4n) is 3.82. The van der Waals surface area contributed by atoms with Crippen molar-refractivity contribution in [3.63, 3.8) is 0 Å². The van der Waals surface area contributed by atoms with Crippen molar-refractivity contribution in [1.29, 1.82) is 0 Å². The summed E-state index contributed by atoms with van der Waals surface area (Å²) in [5.74, 6) is 3.01. The number of piperazine rings is 1. The molecule has 0 N–H and O–H groups in total. The highest BCUT2D eigenvalue weighted by Crippen LogP contribution is 2.29. The van der Waals surface area contributed by atoms with Crippen molar-refractivity contribution in [3.05, 3.63) is 54.0 Å². The van der Waals surface area contributed by atoms with E-state index in [2.05, 4.69) is 21.9 Å². The molecule has 146 valence electrons. The Morgan fingerprint density at radius 2 is 1.74 bits per heavy atom. The minimum atomic E-state index is 0.161. The first-order valence-corrected chi connectivity index (χ1v) is 10.2. The van der Waals surface area contributed by atoms with Gasteiger partial charge in [0.1, 0.15) is 30.0 Å². The first-order chi connectivity index (χ1) is 13.4. The van der Waals surface area contributed by atoms with Gasteiger partial charge >= 0.3 is 0 Å². The topological polar surface area (TPSA) is 38.1 Å². The van der Waals surface area contributed by atoms with Crippen molar-refractivity contribution >= 4 is 0 Å². The van der Waals surface area contributed by atoms with Crippen LogP contribution in [0.3, 0.4) is 0 Å². The van der Waals surface area contributed by atoms with Gasteiger partial charge in [-0.05, 0) is 43.5 Å². The third-order valence-corrected chi connectivity index (χ3v) is 5.44. The molecule has 1 atom stereocenters. The van der Waals surface area contributed by atoms with Gasteiger partial charge in [0.25, 0.3) is 0 Å². The zero-order chi connectivity index (χ0) is 18.3. The predicted molar refractivity (Wildman–Crippen MR) is 105 cm³/mol. The van der Waals surface area contributed by atoms with Crippen LogP contribution in [0.1, 0.15) is 36.9 Å². The maximum absolute atomic E-state index is 6.07. The maximum Gasteiger partial charge on any atom is 0.133 e. The van der Waals surface area contributed by atoms with E-state index in [1.165, 1.54) is 12.8 Å². The second-order valence-corrected chi connectivity index (χ2v) is 7.44. The van der Waals surface area contributed by atoms with Gasteiger partial charge in [0.15, 0.2) is 0 Å². The molecule has 0 saturated carbocycles. The van der Waals surface area contributed by atoms with Gasteiger partial charge < -0.3 is 13.9 Å². The Morgan fingerprint density at radius 3 is 2.52 bits per heavy atom. The van der Waals surface area contributed by atoms with Gasteiger partial charge in [0, 0.05) is 39.3 Å². The van der Waals surface area contributed by atoms with Crippen LogP contribution in [0, 0.1) is 0 Å². The van der Waals surface area contributed by atoms with Crippen LogP contribution in [0.2, 0.25) is 0 Å². The molecule has 2 aliphatic rings. The fourth-order valence-corrected chi connectivity index (χ4v) is 3.82. The summed E-state index contributed by atoms with van der Waals surface area (Å²) in [5, 5.41) is 0. The Bertz CT molecular complexity index is 674. The molecule has 0 aliphatic carbocycles. The molecular formula is C22H30N2O3. The summed E-state index contributed by atoms with van der Waals surface area (Å²) in [6.45, 7) is 7.77. The standard InChI is InChI=1S/C22H30N2O3/c1-2-6-19(7-3-1)25-17-15-23-11-13-24(14-12-23)18-20-9-10-22(27-20)21-8-4-5-16-26-21/h1-3,6-7,9-10,21H,4-5,8,11-18H2. The maximum atomic E-state index is 6.07. The van der Waals surface area contributed by atoms with E-state index in [1.54, 1.807) is 0 Å². The molecule has 1 aromatic carbocycles. The van der Waals surface area contributed by atoms with Crippen LogP contribution in [0.5, 0.6) is 5.75 Å². The van der Waals surface area contributed by atoms with Gasteiger partial charge in [-0.1, -0.05) is 18.2 Å². The molecule has 0 radical (unpaired) electrons. The number of hydrogen-bond acceptors (Lipinski definition) is 5. The molecule has 1 unspecified atom stereocenters. The number of rotatable bonds is 7. The summed E-state index contributed by atoms with van der Waals surface area (Å²) < 4.78 is 17.7. The normalized spacial score (nSPS) is 22.0. The Morgan fingerprint density at radius 1 is 0.926 bits per heavy atom. The third-order valence-electron chi connectivity index (χ3n) is 5.44. The smallest absolute Gasteiger partial charge is 0.133 e. The molecule has 3 heterocycles. The Labute approximate surface area is 161 Å². The van der Waals surface area contributed by atoms with E-state index in [-0.39, 0.29) is 6.10 Å². The van der Waals surface area contributed by atoms with Gasteiger partial charge in [-0.25, -0.2) is 0 Å². The van der Waals surface area contributed by atoms with Crippen LogP contribution in [0.4, 0.5) is 0 Å². The van der Waals surface area contributed by atoms with Crippen LogP contribution in [0.15, 0.2) is 46.9 Å². The zero-order valence-corrected chi connectivity index (χ0v) is 16.0. The lowest BCUT2D eigenvalue weighted by atomic mass is 10.1. The molecule has 1 aromatic heterocycles. The monoisotopic (exact) mass is 370 g/mol. The van der Waals surface area contributed by atoms with Crippen molar-refractivity contribution in [1.82, 2.24) is 9.80 Å². The Hall–Kier alpha value is -1.82. The molecule has 2 fully saturated rings. The molecule has 2 aromatic rings. The van der Waals surface area contributed by atoms with E-state index in [0.717, 1.165) is 76.2 Å². The van der Waals surface area contributed by atoms with E-state index in [1.807, 2.05) is 30.3 Å². The number of hydrogen-bond donors (Lipinski definition) is 0. The number of furan rings is 1. The summed E-state index contributed by atoms with van der Waals surface area (Å²) in [5.41, 5.74) is 0. The molecule has 4 rings (SSSR count). The molecule has 2 aliphatic heterocycles. The molecule has 5 heteroatoms. The summed E-state index contributed by atoms with van der Waals surface area (Å²) in [6.07, 6.45) is 3.65. The van der Waals surface area contributed by atoms with Crippen molar-refractivity contribution in [2.75, 3.05) is 45.9 Å². The minimum Gasteiger partial charge on any atom is -0.492 e. The number of ether oxygens (including phenoxy) is 2. The molecule has 0 spiro atoms. The van der Waals surface area contributed by atoms with Crippen LogP contribution < -0.4 is 4.74 Å². The lowest BCUT2D eigenvalue weighted by molar-refractivity contribution is 0.000627.